The van der Waals surface area contributed by atoms with Crippen LogP contribution in [0.3, 0.4) is 0 Å². The normalized spacial score (nSPS) is 21.1. The van der Waals surface area contributed by atoms with E-state index >= 15 is 0 Å². The Morgan fingerprint density at radius 1 is 1.47 bits per heavy atom. The SMILES string of the molecule is CCN1CCCC(Cc2cn3ccc(Cl)cc3n2)C1. The maximum atomic E-state index is 6.00. The van der Waals surface area contributed by atoms with Crippen molar-refractivity contribution in [3.63, 3.8) is 0 Å². The summed E-state index contributed by atoms with van der Waals surface area (Å²) in [6, 6.07) is 3.82. The van der Waals surface area contributed by atoms with E-state index in [-0.39, 0.29) is 0 Å². The minimum Gasteiger partial charge on any atom is -0.307 e. The van der Waals surface area contributed by atoms with E-state index in [0.717, 1.165) is 29.6 Å². The van der Waals surface area contributed by atoms with Gasteiger partial charge in [0.25, 0.3) is 0 Å². The number of fused-ring (bicyclic) bond motifs is 1. The molecule has 0 aromatic carbocycles. The smallest absolute Gasteiger partial charge is 0.138 e. The van der Waals surface area contributed by atoms with Gasteiger partial charge in [0.2, 0.25) is 0 Å². The van der Waals surface area contributed by atoms with Gasteiger partial charge in [-0.25, -0.2) is 4.98 Å². The molecule has 0 amide bonds. The van der Waals surface area contributed by atoms with Gasteiger partial charge in [0, 0.05) is 24.0 Å². The summed E-state index contributed by atoms with van der Waals surface area (Å²) >= 11 is 6.00. The van der Waals surface area contributed by atoms with Crippen LogP contribution in [0.25, 0.3) is 5.65 Å². The lowest BCUT2D eigenvalue weighted by Crippen LogP contribution is -2.35. The number of likely N-dealkylation sites (tertiary alicyclic amines) is 1. The maximum absolute atomic E-state index is 6.00. The summed E-state index contributed by atoms with van der Waals surface area (Å²) in [4.78, 5) is 7.22. The van der Waals surface area contributed by atoms with Gasteiger partial charge in [-0.15, -0.1) is 0 Å². The Morgan fingerprint density at radius 3 is 3.21 bits per heavy atom. The molecule has 102 valence electrons. The highest BCUT2D eigenvalue weighted by Crippen LogP contribution is 2.21. The van der Waals surface area contributed by atoms with Crippen molar-refractivity contribution in [2.45, 2.75) is 26.2 Å². The summed E-state index contributed by atoms with van der Waals surface area (Å²) in [5.41, 5.74) is 2.14. The first kappa shape index (κ1) is 12.9. The highest BCUT2D eigenvalue weighted by atomic mass is 35.5. The van der Waals surface area contributed by atoms with Crippen molar-refractivity contribution in [1.82, 2.24) is 14.3 Å². The van der Waals surface area contributed by atoms with Gasteiger partial charge in [-0.2, -0.15) is 0 Å². The Labute approximate surface area is 119 Å². The van der Waals surface area contributed by atoms with Gasteiger partial charge < -0.3 is 9.30 Å². The molecule has 19 heavy (non-hydrogen) atoms. The van der Waals surface area contributed by atoms with Crippen LogP contribution in [0.4, 0.5) is 0 Å². The number of nitrogens with zero attached hydrogens (tertiary/aromatic N) is 3. The Balaban J connectivity index is 1.74. The minimum atomic E-state index is 0.745. The van der Waals surface area contributed by atoms with Crippen molar-refractivity contribution >= 4 is 17.2 Å². The molecule has 3 heterocycles. The van der Waals surface area contributed by atoms with Gasteiger partial charge in [-0.3, -0.25) is 0 Å². The Kier molecular flexibility index (Phi) is 3.76. The van der Waals surface area contributed by atoms with Crippen LogP contribution in [-0.4, -0.2) is 33.9 Å². The standard InChI is InChI=1S/C15H20ClN3/c1-2-18-6-3-4-12(10-18)8-14-11-19-7-5-13(16)9-15(19)17-14/h5,7,9,11-12H,2-4,6,8,10H2,1H3. The second-order valence-corrected chi connectivity index (χ2v) is 5.88. The molecular formula is C15H20ClN3. The molecule has 1 saturated heterocycles. The van der Waals surface area contributed by atoms with Crippen molar-refractivity contribution in [3.05, 3.63) is 35.2 Å². The van der Waals surface area contributed by atoms with Gasteiger partial charge >= 0.3 is 0 Å². The third kappa shape index (κ3) is 2.93. The topological polar surface area (TPSA) is 20.5 Å². The molecule has 3 nitrogen and oxygen atoms in total. The Morgan fingerprint density at radius 2 is 2.37 bits per heavy atom. The van der Waals surface area contributed by atoms with E-state index < -0.39 is 0 Å². The summed E-state index contributed by atoms with van der Waals surface area (Å²) in [5.74, 6) is 0.745. The molecule has 0 bridgehead atoms. The van der Waals surface area contributed by atoms with Crippen molar-refractivity contribution in [2.24, 2.45) is 5.92 Å². The zero-order chi connectivity index (χ0) is 13.2. The molecule has 0 saturated carbocycles. The first-order valence-corrected chi connectivity index (χ1v) is 7.48. The van der Waals surface area contributed by atoms with Crippen LogP contribution in [-0.2, 0) is 6.42 Å². The molecule has 0 aliphatic carbocycles. The summed E-state index contributed by atoms with van der Waals surface area (Å²) in [6.07, 6.45) is 7.84. The van der Waals surface area contributed by atoms with Crippen LogP contribution in [0.1, 0.15) is 25.5 Å². The molecule has 1 fully saturated rings. The number of imidazole rings is 1. The van der Waals surface area contributed by atoms with Gasteiger partial charge in [-0.1, -0.05) is 18.5 Å². The molecule has 1 aliphatic rings. The molecular weight excluding hydrogens is 258 g/mol. The molecule has 2 aromatic heterocycles. The molecule has 4 heteroatoms. The predicted octanol–water partition coefficient (Wildman–Crippen LogP) is 3.26. The van der Waals surface area contributed by atoms with Crippen LogP contribution < -0.4 is 0 Å². The quantitative estimate of drug-likeness (QED) is 0.858. The van der Waals surface area contributed by atoms with E-state index in [1.165, 1.54) is 31.6 Å². The number of pyridine rings is 1. The lowest BCUT2D eigenvalue weighted by atomic mass is 9.94. The van der Waals surface area contributed by atoms with E-state index in [1.807, 2.05) is 18.3 Å². The van der Waals surface area contributed by atoms with Crippen molar-refractivity contribution in [3.8, 4) is 0 Å². The lowest BCUT2D eigenvalue weighted by molar-refractivity contribution is 0.181. The largest absolute Gasteiger partial charge is 0.307 e. The van der Waals surface area contributed by atoms with Crippen LogP contribution in [0.5, 0.6) is 0 Å². The van der Waals surface area contributed by atoms with Crippen molar-refractivity contribution in [2.75, 3.05) is 19.6 Å². The van der Waals surface area contributed by atoms with Crippen molar-refractivity contribution in [1.29, 1.82) is 0 Å². The first-order valence-electron chi connectivity index (χ1n) is 7.10. The summed E-state index contributed by atoms with van der Waals surface area (Å²) < 4.78 is 2.06. The Hall–Kier alpha value is -1.06. The highest BCUT2D eigenvalue weighted by Gasteiger charge is 2.19. The fourth-order valence-electron chi connectivity index (χ4n) is 3.01. The highest BCUT2D eigenvalue weighted by molar-refractivity contribution is 6.30. The molecule has 1 atom stereocenters. The average Bonchev–Trinajstić information content (AvgIpc) is 2.80. The molecule has 3 rings (SSSR count). The zero-order valence-corrected chi connectivity index (χ0v) is 12.1. The van der Waals surface area contributed by atoms with Crippen LogP contribution in [0, 0.1) is 5.92 Å². The van der Waals surface area contributed by atoms with Gasteiger partial charge in [0.1, 0.15) is 5.65 Å². The van der Waals surface area contributed by atoms with Crippen LogP contribution in [0.15, 0.2) is 24.5 Å². The molecule has 0 radical (unpaired) electrons. The number of hydrogen-bond donors (Lipinski definition) is 0. The maximum Gasteiger partial charge on any atom is 0.138 e. The molecule has 0 spiro atoms. The number of aromatic nitrogens is 2. The number of hydrogen-bond acceptors (Lipinski definition) is 2. The number of piperidine rings is 1. The average molecular weight is 278 g/mol. The lowest BCUT2D eigenvalue weighted by Gasteiger charge is -2.31. The van der Waals surface area contributed by atoms with Gasteiger partial charge in [0.05, 0.1) is 5.69 Å². The second kappa shape index (κ2) is 5.51. The van der Waals surface area contributed by atoms with E-state index in [0.29, 0.717) is 0 Å². The summed E-state index contributed by atoms with van der Waals surface area (Å²) in [5, 5.41) is 0.750. The third-order valence-corrected chi connectivity index (χ3v) is 4.26. The van der Waals surface area contributed by atoms with E-state index in [4.69, 9.17) is 11.6 Å². The molecule has 0 N–H and O–H groups in total. The van der Waals surface area contributed by atoms with Gasteiger partial charge in [0.15, 0.2) is 0 Å². The fourth-order valence-corrected chi connectivity index (χ4v) is 3.16. The molecule has 2 aromatic rings. The predicted molar refractivity (Wildman–Crippen MR) is 78.7 cm³/mol. The number of halogens is 1. The van der Waals surface area contributed by atoms with Gasteiger partial charge in [-0.05, 0) is 50.4 Å². The zero-order valence-electron chi connectivity index (χ0n) is 11.3. The summed E-state index contributed by atoms with van der Waals surface area (Å²) in [7, 11) is 0. The van der Waals surface area contributed by atoms with Crippen LogP contribution >= 0.6 is 11.6 Å². The minimum absolute atomic E-state index is 0.745. The van der Waals surface area contributed by atoms with E-state index in [1.54, 1.807) is 0 Å². The molecule has 1 unspecified atom stereocenters. The third-order valence-electron chi connectivity index (χ3n) is 4.02. The summed E-state index contributed by atoms with van der Waals surface area (Å²) in [6.45, 7) is 5.88. The van der Waals surface area contributed by atoms with E-state index in [2.05, 4.69) is 27.4 Å². The van der Waals surface area contributed by atoms with Crippen molar-refractivity contribution < 1.29 is 0 Å². The Bertz CT molecular complexity index is 564. The molecule has 1 aliphatic heterocycles. The van der Waals surface area contributed by atoms with Crippen LogP contribution in [0.2, 0.25) is 5.02 Å². The second-order valence-electron chi connectivity index (χ2n) is 5.45. The first-order chi connectivity index (χ1) is 9.24. The fraction of sp³-hybridized carbons (Fsp3) is 0.533. The monoisotopic (exact) mass is 277 g/mol. The van der Waals surface area contributed by atoms with E-state index in [9.17, 15) is 0 Å². The number of rotatable bonds is 3.